The van der Waals surface area contributed by atoms with Crippen molar-refractivity contribution >= 4 is 11.9 Å². The van der Waals surface area contributed by atoms with Gasteiger partial charge in [0, 0.05) is 25.5 Å². The van der Waals surface area contributed by atoms with Crippen molar-refractivity contribution in [1.82, 2.24) is 15.3 Å². The first-order chi connectivity index (χ1) is 12.3. The van der Waals surface area contributed by atoms with Crippen LogP contribution < -0.4 is 10.2 Å². The lowest BCUT2D eigenvalue weighted by Gasteiger charge is -2.33. The van der Waals surface area contributed by atoms with Crippen LogP contribution >= 0.6 is 0 Å². The summed E-state index contributed by atoms with van der Waals surface area (Å²) in [5.74, 6) is 0.900. The largest absolute Gasteiger partial charge is 0.349 e. The molecule has 1 amide bonds. The maximum absolute atomic E-state index is 12.9. The zero-order valence-corrected chi connectivity index (χ0v) is 14.4. The van der Waals surface area contributed by atoms with Crippen LogP contribution in [0.1, 0.15) is 42.9 Å². The fourth-order valence-electron chi connectivity index (χ4n) is 4.02. The zero-order valence-electron chi connectivity index (χ0n) is 14.4. The lowest BCUT2D eigenvalue weighted by molar-refractivity contribution is -0.126. The van der Waals surface area contributed by atoms with Crippen molar-refractivity contribution < 1.29 is 4.79 Å². The highest BCUT2D eigenvalue weighted by molar-refractivity contribution is 5.80. The van der Waals surface area contributed by atoms with Crippen LogP contribution in [0.4, 0.5) is 5.95 Å². The summed E-state index contributed by atoms with van der Waals surface area (Å²) in [6, 6.07) is 10.5. The minimum absolute atomic E-state index is 0.00615. The quantitative estimate of drug-likeness (QED) is 0.936. The second-order valence-corrected chi connectivity index (χ2v) is 6.99. The fraction of sp³-hybridized carbons (Fsp3) is 0.450. The Morgan fingerprint density at radius 1 is 1.08 bits per heavy atom. The topological polar surface area (TPSA) is 58.1 Å². The summed E-state index contributed by atoms with van der Waals surface area (Å²) in [6.07, 6.45) is 8.72. The van der Waals surface area contributed by atoms with Crippen LogP contribution in [0.15, 0.2) is 42.7 Å². The third-order valence-corrected chi connectivity index (χ3v) is 5.31. The Balaban J connectivity index is 1.43. The van der Waals surface area contributed by atoms with Crippen LogP contribution in [0.3, 0.4) is 0 Å². The summed E-state index contributed by atoms with van der Waals surface area (Å²) in [5.41, 5.74) is 2.67. The van der Waals surface area contributed by atoms with Gasteiger partial charge in [0.05, 0.1) is 12.0 Å². The monoisotopic (exact) mass is 336 g/mol. The highest BCUT2D eigenvalue weighted by Gasteiger charge is 2.29. The van der Waals surface area contributed by atoms with Crippen molar-refractivity contribution in [3.05, 3.63) is 53.9 Å². The van der Waals surface area contributed by atoms with E-state index in [4.69, 9.17) is 0 Å². The number of amides is 1. The second-order valence-electron chi connectivity index (χ2n) is 6.99. The third kappa shape index (κ3) is 3.50. The number of carbonyl (C=O) groups is 1. The van der Waals surface area contributed by atoms with Crippen molar-refractivity contribution in [2.24, 2.45) is 5.92 Å². The van der Waals surface area contributed by atoms with E-state index in [0.29, 0.717) is 6.54 Å². The molecule has 0 radical (unpaired) electrons. The SMILES string of the molecule is O=C(NC1CCCc2ccccc21)C1CCCN(c2ncccn2)C1. The smallest absolute Gasteiger partial charge is 0.225 e. The van der Waals surface area contributed by atoms with Crippen LogP contribution in [0.2, 0.25) is 0 Å². The van der Waals surface area contributed by atoms with Crippen LogP contribution in [-0.4, -0.2) is 29.0 Å². The number of fused-ring (bicyclic) bond motifs is 1. The first kappa shape index (κ1) is 16.1. The predicted octanol–water partition coefficient (Wildman–Crippen LogP) is 2.89. The number of nitrogens with zero attached hydrogens (tertiary/aromatic N) is 3. The Kier molecular flexibility index (Phi) is 4.63. The van der Waals surface area contributed by atoms with E-state index in [1.54, 1.807) is 12.4 Å². The summed E-state index contributed by atoms with van der Waals surface area (Å²) in [7, 11) is 0. The molecule has 2 atom stereocenters. The molecule has 2 aromatic rings. The molecule has 0 spiro atoms. The van der Waals surface area contributed by atoms with Gasteiger partial charge in [-0.25, -0.2) is 9.97 Å². The number of piperidine rings is 1. The van der Waals surface area contributed by atoms with Gasteiger partial charge in [0.25, 0.3) is 0 Å². The molecule has 1 saturated heterocycles. The van der Waals surface area contributed by atoms with Crippen molar-refractivity contribution in [1.29, 1.82) is 0 Å². The predicted molar refractivity (Wildman–Crippen MR) is 97.2 cm³/mol. The number of rotatable bonds is 3. The molecule has 1 fully saturated rings. The molecule has 1 N–H and O–H groups in total. The fourth-order valence-corrected chi connectivity index (χ4v) is 4.02. The maximum atomic E-state index is 12.9. The molecule has 130 valence electrons. The Bertz CT molecular complexity index is 733. The number of carbonyl (C=O) groups excluding carboxylic acids is 1. The molecule has 25 heavy (non-hydrogen) atoms. The van der Waals surface area contributed by atoms with Gasteiger partial charge >= 0.3 is 0 Å². The average Bonchev–Trinajstić information content (AvgIpc) is 2.69. The zero-order chi connectivity index (χ0) is 17.1. The van der Waals surface area contributed by atoms with Gasteiger partial charge in [-0.3, -0.25) is 4.79 Å². The molecule has 2 aliphatic rings. The van der Waals surface area contributed by atoms with E-state index in [1.165, 1.54) is 11.1 Å². The highest BCUT2D eigenvalue weighted by atomic mass is 16.2. The van der Waals surface area contributed by atoms with Crippen molar-refractivity contribution in [3.63, 3.8) is 0 Å². The van der Waals surface area contributed by atoms with Gasteiger partial charge in [0.2, 0.25) is 11.9 Å². The van der Waals surface area contributed by atoms with Crippen LogP contribution in [0.5, 0.6) is 0 Å². The Hall–Kier alpha value is -2.43. The minimum Gasteiger partial charge on any atom is -0.349 e. The van der Waals surface area contributed by atoms with Gasteiger partial charge in [-0.2, -0.15) is 0 Å². The molecule has 4 rings (SSSR count). The number of hydrogen-bond donors (Lipinski definition) is 1. The van der Waals surface area contributed by atoms with E-state index < -0.39 is 0 Å². The van der Waals surface area contributed by atoms with Gasteiger partial charge in [-0.05, 0) is 49.3 Å². The summed E-state index contributed by atoms with van der Waals surface area (Å²) in [4.78, 5) is 23.7. The Morgan fingerprint density at radius 2 is 1.92 bits per heavy atom. The van der Waals surface area contributed by atoms with E-state index in [1.807, 2.05) is 6.07 Å². The van der Waals surface area contributed by atoms with Gasteiger partial charge in [0.15, 0.2) is 0 Å². The molecule has 0 bridgehead atoms. The number of benzene rings is 1. The van der Waals surface area contributed by atoms with Crippen molar-refractivity contribution in [3.8, 4) is 0 Å². The Labute approximate surface area is 148 Å². The van der Waals surface area contributed by atoms with Crippen molar-refractivity contribution in [2.45, 2.75) is 38.1 Å². The first-order valence-electron chi connectivity index (χ1n) is 9.21. The molecule has 1 aliphatic carbocycles. The number of aromatic nitrogens is 2. The van der Waals surface area contributed by atoms with E-state index in [0.717, 1.165) is 44.6 Å². The first-order valence-corrected chi connectivity index (χ1v) is 9.21. The lowest BCUT2D eigenvalue weighted by Crippen LogP contribution is -2.44. The normalized spacial score (nSPS) is 23.0. The van der Waals surface area contributed by atoms with E-state index in [9.17, 15) is 4.79 Å². The van der Waals surface area contributed by atoms with Crippen LogP contribution in [-0.2, 0) is 11.2 Å². The number of anilines is 1. The van der Waals surface area contributed by atoms with E-state index >= 15 is 0 Å². The number of nitrogens with one attached hydrogen (secondary N) is 1. The van der Waals surface area contributed by atoms with E-state index in [2.05, 4.69) is 44.5 Å². The number of hydrogen-bond acceptors (Lipinski definition) is 4. The minimum atomic E-state index is 0.00615. The molecule has 1 aromatic heterocycles. The highest BCUT2D eigenvalue weighted by Crippen LogP contribution is 2.30. The van der Waals surface area contributed by atoms with Gasteiger partial charge in [0.1, 0.15) is 0 Å². The summed E-state index contributed by atoms with van der Waals surface area (Å²) >= 11 is 0. The van der Waals surface area contributed by atoms with Crippen molar-refractivity contribution in [2.75, 3.05) is 18.0 Å². The molecule has 2 unspecified atom stereocenters. The molecular weight excluding hydrogens is 312 g/mol. The van der Waals surface area contributed by atoms with Crippen LogP contribution in [0.25, 0.3) is 0 Å². The molecule has 0 saturated carbocycles. The van der Waals surface area contributed by atoms with E-state index in [-0.39, 0.29) is 17.9 Å². The number of aryl methyl sites for hydroxylation is 1. The molecule has 2 heterocycles. The molecular formula is C20H24N4O. The molecule has 5 nitrogen and oxygen atoms in total. The van der Waals surface area contributed by atoms with Gasteiger partial charge in [-0.15, -0.1) is 0 Å². The van der Waals surface area contributed by atoms with Crippen LogP contribution in [0, 0.1) is 5.92 Å². The lowest BCUT2D eigenvalue weighted by atomic mass is 9.87. The molecule has 1 aromatic carbocycles. The van der Waals surface area contributed by atoms with Gasteiger partial charge in [-0.1, -0.05) is 24.3 Å². The Morgan fingerprint density at radius 3 is 2.80 bits per heavy atom. The second kappa shape index (κ2) is 7.21. The maximum Gasteiger partial charge on any atom is 0.225 e. The molecule has 5 heteroatoms. The summed E-state index contributed by atoms with van der Waals surface area (Å²) in [5, 5.41) is 3.31. The third-order valence-electron chi connectivity index (χ3n) is 5.31. The summed E-state index contributed by atoms with van der Waals surface area (Å²) < 4.78 is 0. The standard InChI is InChI=1S/C20H24N4O/c25-19(23-18-10-3-7-15-6-1-2-9-17(15)18)16-8-4-13-24(14-16)20-21-11-5-12-22-20/h1-2,5-6,9,11-12,16,18H,3-4,7-8,10,13-14H2,(H,23,25). The van der Waals surface area contributed by atoms with Gasteiger partial charge < -0.3 is 10.2 Å². The average molecular weight is 336 g/mol. The molecule has 1 aliphatic heterocycles. The summed E-state index contributed by atoms with van der Waals surface area (Å²) in [6.45, 7) is 1.62.